The molecule has 0 spiro atoms. The average Bonchev–Trinajstić information content (AvgIpc) is 2.80. The number of hydrogen-bond acceptors (Lipinski definition) is 5. The third kappa shape index (κ3) is 4.54. The quantitative estimate of drug-likeness (QED) is 0.496. The first kappa shape index (κ1) is 22.4. The Hall–Kier alpha value is -2.76. The van der Waals surface area contributed by atoms with Crippen LogP contribution < -0.4 is 9.64 Å². The number of hydrogen-bond donors (Lipinski definition) is 0. The van der Waals surface area contributed by atoms with Crippen molar-refractivity contribution in [2.75, 3.05) is 31.1 Å². The molecule has 0 aromatic heterocycles. The van der Waals surface area contributed by atoms with Crippen molar-refractivity contribution >= 4 is 38.9 Å². The molecule has 0 radical (unpaired) electrons. The lowest BCUT2D eigenvalue weighted by Crippen LogP contribution is -2.48. The van der Waals surface area contributed by atoms with E-state index in [1.54, 1.807) is 30.3 Å². The fourth-order valence-corrected chi connectivity index (χ4v) is 5.42. The van der Waals surface area contributed by atoms with Crippen LogP contribution in [0.1, 0.15) is 5.56 Å². The van der Waals surface area contributed by atoms with Gasteiger partial charge in [-0.1, -0.05) is 41.4 Å². The number of ether oxygens (including phenoxy) is 1. The van der Waals surface area contributed by atoms with Crippen molar-refractivity contribution < 1.29 is 13.2 Å². The summed E-state index contributed by atoms with van der Waals surface area (Å²) in [5.74, 6) is 0.720. The molecule has 6 nitrogen and oxygen atoms in total. The van der Waals surface area contributed by atoms with Gasteiger partial charge in [0.2, 0.25) is 10.0 Å². The van der Waals surface area contributed by atoms with Gasteiger partial charge in [0.05, 0.1) is 20.6 Å². The number of para-hydroxylation sites is 1. The number of nitriles is 1. The van der Waals surface area contributed by atoms with Crippen LogP contribution in [0, 0.1) is 11.3 Å². The molecule has 0 atom stereocenters. The molecule has 0 bridgehead atoms. The highest BCUT2D eigenvalue weighted by Gasteiger charge is 2.29. The highest BCUT2D eigenvalue weighted by molar-refractivity contribution is 7.89. The van der Waals surface area contributed by atoms with Crippen LogP contribution in [-0.4, -0.2) is 38.9 Å². The van der Waals surface area contributed by atoms with E-state index in [4.69, 9.17) is 27.9 Å². The second-order valence-corrected chi connectivity index (χ2v) is 9.89. The summed E-state index contributed by atoms with van der Waals surface area (Å²) in [6.45, 7) is 1.82. The maximum absolute atomic E-state index is 13.1. The van der Waals surface area contributed by atoms with E-state index in [1.165, 1.54) is 16.4 Å². The van der Waals surface area contributed by atoms with Gasteiger partial charge in [-0.15, -0.1) is 0 Å². The number of rotatable bonds is 5. The van der Waals surface area contributed by atoms with Crippen molar-refractivity contribution in [1.29, 1.82) is 5.26 Å². The highest BCUT2D eigenvalue weighted by Crippen LogP contribution is 2.31. The van der Waals surface area contributed by atoms with Crippen LogP contribution in [0.2, 0.25) is 10.0 Å². The molecule has 3 aromatic rings. The Morgan fingerprint density at radius 1 is 0.844 bits per heavy atom. The van der Waals surface area contributed by atoms with Crippen molar-refractivity contribution in [3.63, 3.8) is 0 Å². The first-order chi connectivity index (χ1) is 15.4. The van der Waals surface area contributed by atoms with Crippen molar-refractivity contribution in [3.05, 3.63) is 82.3 Å². The van der Waals surface area contributed by atoms with Gasteiger partial charge in [-0.05, 0) is 48.5 Å². The molecule has 32 heavy (non-hydrogen) atoms. The van der Waals surface area contributed by atoms with Gasteiger partial charge in [-0.3, -0.25) is 0 Å². The third-order valence-corrected chi connectivity index (χ3v) is 7.76. The molecule has 0 unspecified atom stereocenters. The molecular formula is C23H19Cl2N3O3S. The molecule has 0 amide bonds. The van der Waals surface area contributed by atoms with Crippen molar-refractivity contribution in [1.82, 2.24) is 4.31 Å². The van der Waals surface area contributed by atoms with Crippen LogP contribution in [0.15, 0.2) is 71.6 Å². The maximum atomic E-state index is 13.1. The van der Waals surface area contributed by atoms with E-state index in [0.29, 0.717) is 47.7 Å². The fourth-order valence-electron chi connectivity index (χ4n) is 3.53. The normalized spacial score (nSPS) is 14.7. The van der Waals surface area contributed by atoms with Crippen LogP contribution in [0.5, 0.6) is 11.5 Å². The minimum absolute atomic E-state index is 0.183. The number of halogens is 2. The zero-order valence-corrected chi connectivity index (χ0v) is 19.2. The molecule has 1 aliphatic heterocycles. The first-order valence-corrected chi connectivity index (χ1v) is 12.1. The molecular weight excluding hydrogens is 469 g/mol. The molecule has 3 aromatic carbocycles. The third-order valence-electron chi connectivity index (χ3n) is 5.21. The van der Waals surface area contributed by atoms with E-state index in [-0.39, 0.29) is 10.5 Å². The topological polar surface area (TPSA) is 73.6 Å². The van der Waals surface area contributed by atoms with Crippen LogP contribution in [0.3, 0.4) is 0 Å². The van der Waals surface area contributed by atoms with Crippen molar-refractivity contribution in [2.24, 2.45) is 0 Å². The van der Waals surface area contributed by atoms with Crippen LogP contribution in [0.25, 0.3) is 0 Å². The van der Waals surface area contributed by atoms with Gasteiger partial charge >= 0.3 is 0 Å². The van der Waals surface area contributed by atoms with E-state index in [2.05, 4.69) is 4.90 Å². The molecule has 1 aliphatic rings. The summed E-state index contributed by atoms with van der Waals surface area (Å²) in [6, 6.07) is 20.6. The Kier molecular flexibility index (Phi) is 6.58. The van der Waals surface area contributed by atoms with Gasteiger partial charge in [-0.25, -0.2) is 8.42 Å². The highest BCUT2D eigenvalue weighted by atomic mass is 35.5. The van der Waals surface area contributed by atoms with Gasteiger partial charge in [0, 0.05) is 26.2 Å². The summed E-state index contributed by atoms with van der Waals surface area (Å²) in [6.07, 6.45) is 0. The summed E-state index contributed by atoms with van der Waals surface area (Å²) in [5.41, 5.74) is 1.13. The van der Waals surface area contributed by atoms with Gasteiger partial charge < -0.3 is 9.64 Å². The second kappa shape index (κ2) is 9.39. The minimum atomic E-state index is -3.64. The molecule has 0 N–H and O–H groups in total. The Bertz CT molecular complexity index is 1270. The van der Waals surface area contributed by atoms with E-state index >= 15 is 0 Å². The van der Waals surface area contributed by atoms with Gasteiger partial charge in [0.1, 0.15) is 23.1 Å². The van der Waals surface area contributed by atoms with Crippen molar-refractivity contribution in [3.8, 4) is 17.6 Å². The Morgan fingerprint density at radius 2 is 1.50 bits per heavy atom. The predicted molar refractivity (Wildman–Crippen MR) is 125 cm³/mol. The van der Waals surface area contributed by atoms with Gasteiger partial charge in [0.25, 0.3) is 0 Å². The largest absolute Gasteiger partial charge is 0.456 e. The molecule has 164 valence electrons. The maximum Gasteiger partial charge on any atom is 0.243 e. The van der Waals surface area contributed by atoms with E-state index < -0.39 is 10.0 Å². The Morgan fingerprint density at radius 3 is 2.16 bits per heavy atom. The van der Waals surface area contributed by atoms with E-state index in [9.17, 15) is 13.7 Å². The molecule has 4 rings (SSSR count). The molecule has 1 fully saturated rings. The van der Waals surface area contributed by atoms with E-state index in [1.807, 2.05) is 30.3 Å². The van der Waals surface area contributed by atoms with Crippen molar-refractivity contribution in [2.45, 2.75) is 4.90 Å². The second-order valence-electron chi connectivity index (χ2n) is 7.14. The fraction of sp³-hybridized carbons (Fsp3) is 0.174. The summed E-state index contributed by atoms with van der Waals surface area (Å²) < 4.78 is 33.4. The van der Waals surface area contributed by atoms with Crippen LogP contribution >= 0.6 is 23.2 Å². The summed E-state index contributed by atoms with van der Waals surface area (Å²) >= 11 is 12.3. The first-order valence-electron chi connectivity index (χ1n) is 9.86. The average molecular weight is 488 g/mol. The summed E-state index contributed by atoms with van der Waals surface area (Å²) in [7, 11) is -3.64. The smallest absolute Gasteiger partial charge is 0.243 e. The van der Waals surface area contributed by atoms with Gasteiger partial charge in [-0.2, -0.15) is 9.57 Å². The van der Waals surface area contributed by atoms with Gasteiger partial charge in [0.15, 0.2) is 0 Å². The number of benzene rings is 3. The number of sulfonamides is 1. The molecule has 0 saturated carbocycles. The summed E-state index contributed by atoms with van der Waals surface area (Å²) in [5, 5.41) is 10.2. The molecule has 1 saturated heterocycles. The minimum Gasteiger partial charge on any atom is -0.456 e. The number of anilines is 1. The lowest BCUT2D eigenvalue weighted by atomic mass is 10.2. The monoisotopic (exact) mass is 487 g/mol. The van der Waals surface area contributed by atoms with E-state index in [0.717, 1.165) is 5.69 Å². The molecule has 9 heteroatoms. The Labute approximate surface area is 197 Å². The van der Waals surface area contributed by atoms with Crippen LogP contribution in [0.4, 0.5) is 5.69 Å². The summed E-state index contributed by atoms with van der Waals surface area (Å²) in [4.78, 5) is 2.27. The lowest BCUT2D eigenvalue weighted by molar-refractivity contribution is 0.385. The van der Waals surface area contributed by atoms with Crippen LogP contribution in [-0.2, 0) is 10.0 Å². The predicted octanol–water partition coefficient (Wildman–Crippen LogP) is 5.17. The number of nitrogens with zero attached hydrogens (tertiary/aromatic N) is 3. The standard InChI is InChI=1S/C23H19Cl2N3O3S/c24-20-5-3-7-23(19(20)16-26)31-17-8-10-18(11-9-17)32(29,30)28-14-12-27(13-15-28)22-6-2-1-4-21(22)25/h1-11H,12-15H2. The Balaban J connectivity index is 1.46. The molecule has 1 heterocycles. The SMILES string of the molecule is N#Cc1c(Cl)cccc1Oc1ccc(S(=O)(=O)N2CCN(c3ccccc3Cl)CC2)cc1. The zero-order valence-electron chi connectivity index (χ0n) is 16.9. The molecule has 0 aliphatic carbocycles. The number of piperazine rings is 1. The zero-order chi connectivity index (χ0) is 22.7. The lowest BCUT2D eigenvalue weighted by Gasteiger charge is -2.35.